The van der Waals surface area contributed by atoms with Crippen molar-refractivity contribution >= 4 is 11.6 Å². The average molecular weight is 217 g/mol. The molecule has 2 N–H and O–H groups in total. The molecule has 0 heterocycles. The van der Waals surface area contributed by atoms with Crippen molar-refractivity contribution < 1.29 is 4.79 Å². The highest BCUT2D eigenvalue weighted by Crippen LogP contribution is 2.09. The molecular formula is C12H15N3O. The van der Waals surface area contributed by atoms with Crippen molar-refractivity contribution in [1.82, 2.24) is 5.32 Å². The van der Waals surface area contributed by atoms with Crippen molar-refractivity contribution in [2.45, 2.75) is 13.3 Å². The number of hydrogen-bond acceptors (Lipinski definition) is 3. The lowest BCUT2D eigenvalue weighted by Gasteiger charge is -2.06. The zero-order chi connectivity index (χ0) is 11.8. The van der Waals surface area contributed by atoms with Gasteiger partial charge in [-0.05, 0) is 24.6 Å². The zero-order valence-corrected chi connectivity index (χ0v) is 9.29. The molecule has 0 saturated carbocycles. The maximum Gasteiger partial charge on any atom is 0.216 e. The van der Waals surface area contributed by atoms with Crippen LogP contribution in [0.2, 0.25) is 0 Å². The maximum atomic E-state index is 10.6. The van der Waals surface area contributed by atoms with E-state index in [2.05, 4.69) is 16.7 Å². The molecule has 0 aliphatic heterocycles. The van der Waals surface area contributed by atoms with Crippen LogP contribution in [0.4, 0.5) is 5.69 Å². The monoisotopic (exact) mass is 217 g/mol. The molecule has 0 saturated heterocycles. The second-order valence-electron chi connectivity index (χ2n) is 3.46. The van der Waals surface area contributed by atoms with Gasteiger partial charge in [0.1, 0.15) is 0 Å². The van der Waals surface area contributed by atoms with Crippen LogP contribution in [-0.4, -0.2) is 19.0 Å². The van der Waals surface area contributed by atoms with Gasteiger partial charge in [0.2, 0.25) is 5.91 Å². The fraction of sp³-hybridized carbons (Fsp3) is 0.333. The third-order valence-corrected chi connectivity index (χ3v) is 2.05. The number of nitriles is 1. The summed E-state index contributed by atoms with van der Waals surface area (Å²) in [5.41, 5.74) is 1.58. The largest absolute Gasteiger partial charge is 0.385 e. The van der Waals surface area contributed by atoms with Crippen LogP contribution in [0.15, 0.2) is 24.3 Å². The number of nitrogens with one attached hydrogen (secondary N) is 2. The number of carbonyl (C=O) groups is 1. The molecule has 16 heavy (non-hydrogen) atoms. The standard InChI is InChI=1S/C12H15N3O/c1-10(16)14-6-3-7-15-12-5-2-4-11(8-12)9-13/h2,4-5,8,15H,3,6-7H2,1H3,(H,14,16). The SMILES string of the molecule is CC(=O)NCCCNc1cccc(C#N)c1. The van der Waals surface area contributed by atoms with E-state index in [0.29, 0.717) is 12.1 Å². The summed E-state index contributed by atoms with van der Waals surface area (Å²) in [7, 11) is 0. The van der Waals surface area contributed by atoms with Gasteiger partial charge < -0.3 is 10.6 Å². The first-order valence-corrected chi connectivity index (χ1v) is 5.21. The number of anilines is 1. The van der Waals surface area contributed by atoms with E-state index >= 15 is 0 Å². The smallest absolute Gasteiger partial charge is 0.216 e. The molecule has 0 bridgehead atoms. The predicted molar refractivity (Wildman–Crippen MR) is 62.9 cm³/mol. The van der Waals surface area contributed by atoms with Gasteiger partial charge in [0.15, 0.2) is 0 Å². The van der Waals surface area contributed by atoms with Crippen LogP contribution in [0, 0.1) is 11.3 Å². The summed E-state index contributed by atoms with van der Waals surface area (Å²) in [6, 6.07) is 9.42. The van der Waals surface area contributed by atoms with Crippen LogP contribution in [0.3, 0.4) is 0 Å². The van der Waals surface area contributed by atoms with Crippen molar-refractivity contribution in [3.8, 4) is 6.07 Å². The van der Waals surface area contributed by atoms with Gasteiger partial charge in [0.25, 0.3) is 0 Å². The number of nitrogens with zero attached hydrogens (tertiary/aromatic N) is 1. The normalized spacial score (nSPS) is 9.25. The predicted octanol–water partition coefficient (Wildman–Crippen LogP) is 1.50. The van der Waals surface area contributed by atoms with Gasteiger partial charge in [-0.2, -0.15) is 5.26 Å². The molecule has 4 nitrogen and oxygen atoms in total. The molecule has 84 valence electrons. The van der Waals surface area contributed by atoms with Crippen LogP contribution in [0.25, 0.3) is 0 Å². The van der Waals surface area contributed by atoms with Crippen LogP contribution < -0.4 is 10.6 Å². The first kappa shape index (κ1) is 12.1. The lowest BCUT2D eigenvalue weighted by Crippen LogP contribution is -2.22. The minimum atomic E-state index is -0.00789. The highest BCUT2D eigenvalue weighted by atomic mass is 16.1. The van der Waals surface area contributed by atoms with Crippen molar-refractivity contribution in [3.63, 3.8) is 0 Å². The summed E-state index contributed by atoms with van der Waals surface area (Å²) in [6.45, 7) is 2.94. The van der Waals surface area contributed by atoms with Crippen molar-refractivity contribution in [2.75, 3.05) is 18.4 Å². The van der Waals surface area contributed by atoms with E-state index in [-0.39, 0.29) is 5.91 Å². The Hall–Kier alpha value is -2.02. The Balaban J connectivity index is 2.27. The van der Waals surface area contributed by atoms with E-state index in [9.17, 15) is 4.79 Å². The van der Waals surface area contributed by atoms with Gasteiger partial charge in [0, 0.05) is 25.7 Å². The molecule has 0 aliphatic carbocycles. The van der Waals surface area contributed by atoms with Crippen LogP contribution in [0.5, 0.6) is 0 Å². The van der Waals surface area contributed by atoms with Crippen molar-refractivity contribution in [3.05, 3.63) is 29.8 Å². The molecule has 1 amide bonds. The molecule has 0 unspecified atom stereocenters. The van der Waals surface area contributed by atoms with E-state index < -0.39 is 0 Å². The summed E-state index contributed by atoms with van der Waals surface area (Å²) >= 11 is 0. The van der Waals surface area contributed by atoms with Crippen molar-refractivity contribution in [2.24, 2.45) is 0 Å². The molecule has 0 aromatic heterocycles. The second-order valence-corrected chi connectivity index (χ2v) is 3.46. The van der Waals surface area contributed by atoms with Crippen LogP contribution in [0.1, 0.15) is 18.9 Å². The first-order valence-electron chi connectivity index (χ1n) is 5.21. The van der Waals surface area contributed by atoms with Crippen LogP contribution >= 0.6 is 0 Å². The summed E-state index contributed by atoms with van der Waals surface area (Å²) in [5.74, 6) is -0.00789. The Morgan fingerprint density at radius 2 is 2.25 bits per heavy atom. The fourth-order valence-corrected chi connectivity index (χ4v) is 1.28. The van der Waals surface area contributed by atoms with Gasteiger partial charge in [-0.25, -0.2) is 0 Å². The van der Waals surface area contributed by atoms with Gasteiger partial charge in [-0.15, -0.1) is 0 Å². The zero-order valence-electron chi connectivity index (χ0n) is 9.29. The summed E-state index contributed by atoms with van der Waals surface area (Å²) in [6.07, 6.45) is 0.858. The molecule has 4 heteroatoms. The molecule has 0 aliphatic rings. The lowest BCUT2D eigenvalue weighted by molar-refractivity contribution is -0.118. The molecular weight excluding hydrogens is 202 g/mol. The van der Waals surface area contributed by atoms with E-state index in [1.807, 2.05) is 12.1 Å². The van der Waals surface area contributed by atoms with Crippen molar-refractivity contribution in [1.29, 1.82) is 5.26 Å². The Kier molecular flexibility index (Phi) is 4.87. The molecule has 0 spiro atoms. The molecule has 0 fully saturated rings. The number of carbonyl (C=O) groups excluding carboxylic acids is 1. The highest BCUT2D eigenvalue weighted by molar-refractivity contribution is 5.72. The van der Waals surface area contributed by atoms with Gasteiger partial charge >= 0.3 is 0 Å². The van der Waals surface area contributed by atoms with E-state index in [1.165, 1.54) is 6.92 Å². The maximum absolute atomic E-state index is 10.6. The van der Waals surface area contributed by atoms with E-state index in [0.717, 1.165) is 18.7 Å². The molecule has 0 radical (unpaired) electrons. The number of benzene rings is 1. The first-order chi connectivity index (χ1) is 7.72. The Morgan fingerprint density at radius 1 is 1.44 bits per heavy atom. The third kappa shape index (κ3) is 4.47. The summed E-state index contributed by atoms with van der Waals surface area (Å²) in [5, 5.41) is 14.6. The van der Waals surface area contributed by atoms with Gasteiger partial charge in [-0.3, -0.25) is 4.79 Å². The summed E-state index contributed by atoms with van der Waals surface area (Å²) in [4.78, 5) is 10.6. The second kappa shape index (κ2) is 6.46. The van der Waals surface area contributed by atoms with E-state index in [1.54, 1.807) is 12.1 Å². The van der Waals surface area contributed by atoms with Gasteiger partial charge in [-0.1, -0.05) is 6.07 Å². The number of hydrogen-bond donors (Lipinski definition) is 2. The number of rotatable bonds is 5. The molecule has 0 atom stereocenters. The van der Waals surface area contributed by atoms with Crippen LogP contribution in [-0.2, 0) is 4.79 Å². The fourth-order valence-electron chi connectivity index (χ4n) is 1.28. The topological polar surface area (TPSA) is 64.9 Å². The van der Waals surface area contributed by atoms with Gasteiger partial charge in [0.05, 0.1) is 11.6 Å². The minimum absolute atomic E-state index is 0.00789. The lowest BCUT2D eigenvalue weighted by atomic mass is 10.2. The quantitative estimate of drug-likeness (QED) is 0.734. The average Bonchev–Trinajstić information content (AvgIpc) is 2.28. The Morgan fingerprint density at radius 3 is 2.94 bits per heavy atom. The minimum Gasteiger partial charge on any atom is -0.385 e. The molecule has 1 aromatic rings. The summed E-state index contributed by atoms with van der Waals surface area (Å²) < 4.78 is 0. The molecule has 1 aromatic carbocycles. The Bertz CT molecular complexity index is 395. The number of amides is 1. The van der Waals surface area contributed by atoms with E-state index in [4.69, 9.17) is 5.26 Å². The third-order valence-electron chi connectivity index (χ3n) is 2.05. The molecule has 1 rings (SSSR count). The Labute approximate surface area is 95.3 Å². The highest BCUT2D eigenvalue weighted by Gasteiger charge is 1.94.